The molecule has 0 atom stereocenters. The number of nitrogens with one attached hydrogen (secondary N) is 1. The van der Waals surface area contributed by atoms with Crippen LogP contribution in [0.25, 0.3) is 6.08 Å². The molecule has 1 amide bonds. The molecule has 22 heavy (non-hydrogen) atoms. The van der Waals surface area contributed by atoms with Gasteiger partial charge in [0.2, 0.25) is 0 Å². The van der Waals surface area contributed by atoms with E-state index in [2.05, 4.69) is 12.2 Å². The van der Waals surface area contributed by atoms with Crippen LogP contribution in [0, 0.1) is 0 Å². The summed E-state index contributed by atoms with van der Waals surface area (Å²) in [6.45, 7) is 2.98. The van der Waals surface area contributed by atoms with E-state index in [0.29, 0.717) is 9.23 Å². The minimum atomic E-state index is -0.123. The first-order valence-electron chi connectivity index (χ1n) is 7.67. The number of benzene rings is 1. The molecule has 0 spiro atoms. The molecule has 0 aromatic heterocycles. The molecule has 0 unspecified atom stereocenters. The number of ether oxygens (including phenoxy) is 1. The number of rotatable bonds is 8. The summed E-state index contributed by atoms with van der Waals surface area (Å²) in [6.07, 6.45) is 8.02. The molecule has 1 fully saturated rings. The minimum absolute atomic E-state index is 0.123. The van der Waals surface area contributed by atoms with Crippen molar-refractivity contribution < 1.29 is 9.53 Å². The number of thioether (sulfide) groups is 1. The molecule has 0 radical (unpaired) electrons. The fraction of sp³-hybridized carbons (Fsp3) is 0.412. The van der Waals surface area contributed by atoms with Gasteiger partial charge in [-0.2, -0.15) is 0 Å². The van der Waals surface area contributed by atoms with Crippen molar-refractivity contribution in [3.63, 3.8) is 0 Å². The molecule has 0 aliphatic carbocycles. The number of unbranched alkanes of at least 4 members (excludes halogenated alkanes) is 4. The summed E-state index contributed by atoms with van der Waals surface area (Å²) < 4.78 is 6.24. The lowest BCUT2D eigenvalue weighted by Gasteiger charge is -2.06. The number of carbonyl (C=O) groups is 1. The zero-order valence-electron chi connectivity index (χ0n) is 12.8. The average molecular weight is 335 g/mol. The van der Waals surface area contributed by atoms with Crippen LogP contribution in [0.4, 0.5) is 0 Å². The highest BCUT2D eigenvalue weighted by Crippen LogP contribution is 2.26. The molecule has 1 aliphatic heterocycles. The highest BCUT2D eigenvalue weighted by molar-refractivity contribution is 8.26. The van der Waals surface area contributed by atoms with Gasteiger partial charge in [-0.15, -0.1) is 0 Å². The van der Waals surface area contributed by atoms with Crippen molar-refractivity contribution in [3.8, 4) is 5.75 Å². The Bertz CT molecular complexity index is 552. The Morgan fingerprint density at radius 2 is 1.91 bits per heavy atom. The fourth-order valence-corrected chi connectivity index (χ4v) is 3.17. The van der Waals surface area contributed by atoms with Crippen LogP contribution >= 0.6 is 24.0 Å². The van der Waals surface area contributed by atoms with Gasteiger partial charge in [0.05, 0.1) is 11.5 Å². The Labute approximate surface area is 141 Å². The number of hydrogen-bond donors (Lipinski definition) is 1. The third kappa shape index (κ3) is 5.46. The lowest BCUT2D eigenvalue weighted by atomic mass is 10.2. The van der Waals surface area contributed by atoms with Crippen molar-refractivity contribution in [2.75, 3.05) is 6.61 Å². The smallest absolute Gasteiger partial charge is 0.263 e. The van der Waals surface area contributed by atoms with Crippen LogP contribution in [0.2, 0.25) is 0 Å². The molecule has 1 aliphatic rings. The lowest BCUT2D eigenvalue weighted by Crippen LogP contribution is -2.17. The van der Waals surface area contributed by atoms with Crippen molar-refractivity contribution in [2.45, 2.75) is 39.0 Å². The van der Waals surface area contributed by atoms with Gasteiger partial charge in [-0.05, 0) is 30.2 Å². The standard InChI is InChI=1S/C17H21NO2S2/c1-2-3-4-5-6-11-20-14-9-7-13(8-10-14)12-15-16(19)18-17(21)22-15/h7-10,12H,2-6,11H2,1H3,(H,18,19,21)/b15-12-. The Balaban J connectivity index is 1.79. The zero-order chi connectivity index (χ0) is 15.8. The number of thiocarbonyl (C=S) groups is 1. The Morgan fingerprint density at radius 3 is 2.55 bits per heavy atom. The van der Waals surface area contributed by atoms with Crippen LogP contribution in [0.3, 0.4) is 0 Å². The first-order valence-corrected chi connectivity index (χ1v) is 8.89. The highest BCUT2D eigenvalue weighted by atomic mass is 32.2. The average Bonchev–Trinajstić information content (AvgIpc) is 2.82. The monoisotopic (exact) mass is 335 g/mol. The molecular formula is C17H21NO2S2. The first-order chi connectivity index (χ1) is 10.7. The van der Waals surface area contributed by atoms with E-state index in [-0.39, 0.29) is 5.91 Å². The van der Waals surface area contributed by atoms with Crippen molar-refractivity contribution in [3.05, 3.63) is 34.7 Å². The van der Waals surface area contributed by atoms with Crippen molar-refractivity contribution in [1.29, 1.82) is 0 Å². The summed E-state index contributed by atoms with van der Waals surface area (Å²) in [7, 11) is 0. The number of amides is 1. The van der Waals surface area contributed by atoms with Crippen LogP contribution < -0.4 is 10.1 Å². The largest absolute Gasteiger partial charge is 0.494 e. The molecule has 2 rings (SSSR count). The highest BCUT2D eigenvalue weighted by Gasteiger charge is 2.21. The zero-order valence-corrected chi connectivity index (χ0v) is 14.4. The van der Waals surface area contributed by atoms with Crippen molar-refractivity contribution >= 4 is 40.3 Å². The molecule has 118 valence electrons. The van der Waals surface area contributed by atoms with Crippen molar-refractivity contribution in [1.82, 2.24) is 5.32 Å². The van der Waals surface area contributed by atoms with Gasteiger partial charge >= 0.3 is 0 Å². The van der Waals surface area contributed by atoms with Gasteiger partial charge in [-0.3, -0.25) is 4.79 Å². The SMILES string of the molecule is CCCCCCCOc1ccc(/C=C2\SC(=S)NC2=O)cc1. The first kappa shape index (κ1) is 17.0. The second-order valence-corrected chi connectivity index (χ2v) is 6.90. The van der Waals surface area contributed by atoms with Crippen LogP contribution in [0.5, 0.6) is 5.75 Å². The van der Waals surface area contributed by atoms with Crippen LogP contribution in [0.1, 0.15) is 44.6 Å². The van der Waals surface area contributed by atoms with Gasteiger partial charge in [0.1, 0.15) is 10.1 Å². The van der Waals surface area contributed by atoms with Crippen LogP contribution in [-0.4, -0.2) is 16.8 Å². The van der Waals surface area contributed by atoms with Gasteiger partial charge in [0.25, 0.3) is 5.91 Å². The van der Waals surface area contributed by atoms with E-state index in [9.17, 15) is 4.79 Å². The number of carbonyl (C=O) groups excluding carboxylic acids is 1. The Hall–Kier alpha value is -1.33. The van der Waals surface area contributed by atoms with Crippen LogP contribution in [-0.2, 0) is 4.79 Å². The van der Waals surface area contributed by atoms with E-state index in [1.165, 1.54) is 37.4 Å². The number of hydrogen-bond acceptors (Lipinski definition) is 4. The third-order valence-electron chi connectivity index (χ3n) is 3.34. The summed E-state index contributed by atoms with van der Waals surface area (Å²) in [5, 5.41) is 2.61. The third-order valence-corrected chi connectivity index (χ3v) is 4.50. The van der Waals surface area contributed by atoms with E-state index in [4.69, 9.17) is 17.0 Å². The van der Waals surface area contributed by atoms with Gasteiger partial charge in [0.15, 0.2) is 0 Å². The molecule has 1 heterocycles. The molecule has 1 aromatic rings. The molecule has 1 saturated heterocycles. The Kier molecular flexibility index (Phi) is 6.93. The fourth-order valence-electron chi connectivity index (χ4n) is 2.13. The van der Waals surface area contributed by atoms with E-state index < -0.39 is 0 Å². The van der Waals surface area contributed by atoms with E-state index >= 15 is 0 Å². The summed E-state index contributed by atoms with van der Waals surface area (Å²) in [5.74, 6) is 0.749. The minimum Gasteiger partial charge on any atom is -0.494 e. The second kappa shape index (κ2) is 8.96. The molecular weight excluding hydrogens is 314 g/mol. The molecule has 0 bridgehead atoms. The van der Waals surface area contributed by atoms with Gasteiger partial charge in [0, 0.05) is 0 Å². The molecule has 3 nitrogen and oxygen atoms in total. The van der Waals surface area contributed by atoms with Gasteiger partial charge in [-0.25, -0.2) is 0 Å². The summed E-state index contributed by atoms with van der Waals surface area (Å²) >= 11 is 6.26. The maximum atomic E-state index is 11.6. The summed E-state index contributed by atoms with van der Waals surface area (Å²) in [5.41, 5.74) is 0.970. The predicted molar refractivity (Wildman–Crippen MR) is 97.0 cm³/mol. The summed E-state index contributed by atoms with van der Waals surface area (Å²) in [4.78, 5) is 12.2. The normalized spacial score (nSPS) is 16.1. The maximum Gasteiger partial charge on any atom is 0.263 e. The van der Waals surface area contributed by atoms with Crippen molar-refractivity contribution in [2.24, 2.45) is 0 Å². The van der Waals surface area contributed by atoms with Gasteiger partial charge < -0.3 is 10.1 Å². The summed E-state index contributed by atoms with van der Waals surface area (Å²) in [6, 6.07) is 7.78. The predicted octanol–water partition coefficient (Wildman–Crippen LogP) is 4.52. The second-order valence-electron chi connectivity index (χ2n) is 5.18. The topological polar surface area (TPSA) is 38.3 Å². The van der Waals surface area contributed by atoms with Crippen LogP contribution in [0.15, 0.2) is 29.2 Å². The molecule has 1 aromatic carbocycles. The molecule has 5 heteroatoms. The lowest BCUT2D eigenvalue weighted by molar-refractivity contribution is -0.115. The molecule has 1 N–H and O–H groups in total. The quantitative estimate of drug-likeness (QED) is 0.430. The molecule has 0 saturated carbocycles. The maximum absolute atomic E-state index is 11.6. The Morgan fingerprint density at radius 1 is 1.18 bits per heavy atom. The van der Waals surface area contributed by atoms with E-state index in [0.717, 1.165) is 24.3 Å². The van der Waals surface area contributed by atoms with E-state index in [1.54, 1.807) is 0 Å². The van der Waals surface area contributed by atoms with E-state index in [1.807, 2.05) is 30.3 Å². The van der Waals surface area contributed by atoms with Gasteiger partial charge in [-0.1, -0.05) is 68.7 Å².